The molecular weight excluding hydrogens is 321 g/mol. The SMILES string of the molecule is Cl.Cl.O=C(NCCCn1ccc2ccccc21)C1CCNC1. The second kappa shape index (κ2) is 9.03. The number of amides is 1. The minimum absolute atomic E-state index is 0. The molecule has 1 aliphatic rings. The molecule has 122 valence electrons. The summed E-state index contributed by atoms with van der Waals surface area (Å²) in [6, 6.07) is 10.5. The molecular formula is C16H23Cl2N3O. The molecule has 1 aliphatic heterocycles. The number of hydrogen-bond acceptors (Lipinski definition) is 2. The van der Waals surface area contributed by atoms with Gasteiger partial charge in [-0.1, -0.05) is 18.2 Å². The lowest BCUT2D eigenvalue weighted by molar-refractivity contribution is -0.124. The molecule has 0 bridgehead atoms. The lowest BCUT2D eigenvalue weighted by Gasteiger charge is -2.10. The van der Waals surface area contributed by atoms with E-state index in [0.717, 1.165) is 39.0 Å². The molecule has 22 heavy (non-hydrogen) atoms. The first-order chi connectivity index (χ1) is 9.84. The Morgan fingerprint density at radius 1 is 1.27 bits per heavy atom. The fraction of sp³-hybridized carbons (Fsp3) is 0.438. The Morgan fingerprint density at radius 2 is 2.09 bits per heavy atom. The van der Waals surface area contributed by atoms with E-state index >= 15 is 0 Å². The van der Waals surface area contributed by atoms with Gasteiger partial charge in [-0.2, -0.15) is 0 Å². The van der Waals surface area contributed by atoms with Crippen LogP contribution in [0.4, 0.5) is 0 Å². The van der Waals surface area contributed by atoms with Crippen molar-refractivity contribution in [3.05, 3.63) is 36.5 Å². The maximum atomic E-state index is 11.9. The fourth-order valence-corrected chi connectivity index (χ4v) is 2.82. The van der Waals surface area contributed by atoms with E-state index in [-0.39, 0.29) is 36.6 Å². The Bertz CT molecular complexity index is 594. The molecule has 1 unspecified atom stereocenters. The highest BCUT2D eigenvalue weighted by atomic mass is 35.5. The Hall–Kier alpha value is -1.23. The number of nitrogens with zero attached hydrogens (tertiary/aromatic N) is 1. The predicted octanol–water partition coefficient (Wildman–Crippen LogP) is 2.60. The van der Waals surface area contributed by atoms with Crippen molar-refractivity contribution in [1.82, 2.24) is 15.2 Å². The maximum Gasteiger partial charge on any atom is 0.224 e. The van der Waals surface area contributed by atoms with Gasteiger partial charge in [0.05, 0.1) is 5.92 Å². The second-order valence-electron chi connectivity index (χ2n) is 5.40. The molecule has 0 radical (unpaired) electrons. The summed E-state index contributed by atoms with van der Waals surface area (Å²) in [5, 5.41) is 7.54. The van der Waals surface area contributed by atoms with Crippen LogP contribution in [0.25, 0.3) is 10.9 Å². The van der Waals surface area contributed by atoms with Gasteiger partial charge in [0, 0.05) is 31.3 Å². The molecule has 4 nitrogen and oxygen atoms in total. The van der Waals surface area contributed by atoms with E-state index in [2.05, 4.69) is 51.7 Å². The van der Waals surface area contributed by atoms with Crippen molar-refractivity contribution in [1.29, 1.82) is 0 Å². The van der Waals surface area contributed by atoms with Crippen molar-refractivity contribution in [2.24, 2.45) is 5.92 Å². The first kappa shape index (κ1) is 18.8. The fourth-order valence-electron chi connectivity index (χ4n) is 2.82. The summed E-state index contributed by atoms with van der Waals surface area (Å²) in [6.45, 7) is 3.49. The molecule has 0 aliphatic carbocycles. The normalized spacial score (nSPS) is 16.8. The van der Waals surface area contributed by atoms with Crippen molar-refractivity contribution in [3.8, 4) is 0 Å². The first-order valence-electron chi connectivity index (χ1n) is 7.37. The van der Waals surface area contributed by atoms with Crippen LogP contribution in [0.5, 0.6) is 0 Å². The van der Waals surface area contributed by atoms with Crippen LogP contribution in [0.1, 0.15) is 12.8 Å². The zero-order valence-electron chi connectivity index (χ0n) is 12.5. The molecule has 2 N–H and O–H groups in total. The Balaban J connectivity index is 0.00000121. The van der Waals surface area contributed by atoms with Gasteiger partial charge in [-0.05, 0) is 36.9 Å². The summed E-state index contributed by atoms with van der Waals surface area (Å²) in [4.78, 5) is 11.9. The number of benzene rings is 1. The lowest BCUT2D eigenvalue weighted by atomic mass is 10.1. The molecule has 2 aromatic rings. The van der Waals surface area contributed by atoms with Gasteiger partial charge in [0.2, 0.25) is 5.91 Å². The van der Waals surface area contributed by atoms with Crippen LogP contribution in [0, 0.1) is 5.92 Å². The summed E-state index contributed by atoms with van der Waals surface area (Å²) >= 11 is 0. The van der Waals surface area contributed by atoms with Gasteiger partial charge in [-0.15, -0.1) is 24.8 Å². The van der Waals surface area contributed by atoms with Crippen molar-refractivity contribution >= 4 is 41.6 Å². The number of halogens is 2. The third-order valence-corrected chi connectivity index (χ3v) is 3.99. The summed E-state index contributed by atoms with van der Waals surface area (Å²) < 4.78 is 2.25. The molecule has 0 saturated carbocycles. The van der Waals surface area contributed by atoms with Crippen LogP contribution >= 0.6 is 24.8 Å². The number of para-hydroxylation sites is 1. The topological polar surface area (TPSA) is 46.1 Å². The van der Waals surface area contributed by atoms with Gasteiger partial charge in [-0.25, -0.2) is 0 Å². The van der Waals surface area contributed by atoms with Gasteiger partial charge in [0.1, 0.15) is 0 Å². The van der Waals surface area contributed by atoms with Gasteiger partial charge in [0.15, 0.2) is 0 Å². The van der Waals surface area contributed by atoms with Crippen LogP contribution < -0.4 is 10.6 Å². The molecule has 6 heteroatoms. The van der Waals surface area contributed by atoms with Crippen molar-refractivity contribution in [2.75, 3.05) is 19.6 Å². The smallest absolute Gasteiger partial charge is 0.224 e. The van der Waals surface area contributed by atoms with Crippen LogP contribution in [-0.4, -0.2) is 30.1 Å². The summed E-state index contributed by atoms with van der Waals surface area (Å²) in [7, 11) is 0. The van der Waals surface area contributed by atoms with E-state index in [1.165, 1.54) is 10.9 Å². The van der Waals surface area contributed by atoms with Crippen LogP contribution in [-0.2, 0) is 11.3 Å². The van der Waals surface area contributed by atoms with Crippen molar-refractivity contribution < 1.29 is 4.79 Å². The Labute approximate surface area is 143 Å². The van der Waals surface area contributed by atoms with Gasteiger partial charge >= 0.3 is 0 Å². The molecule has 1 atom stereocenters. The quantitative estimate of drug-likeness (QED) is 0.819. The van der Waals surface area contributed by atoms with Gasteiger partial charge in [-0.3, -0.25) is 4.79 Å². The van der Waals surface area contributed by atoms with Crippen molar-refractivity contribution in [2.45, 2.75) is 19.4 Å². The zero-order valence-corrected chi connectivity index (χ0v) is 14.1. The lowest BCUT2D eigenvalue weighted by Crippen LogP contribution is -2.32. The van der Waals surface area contributed by atoms with Crippen LogP contribution in [0.15, 0.2) is 36.5 Å². The number of aromatic nitrogens is 1. The number of carbonyl (C=O) groups is 1. The highest BCUT2D eigenvalue weighted by Gasteiger charge is 2.21. The molecule has 1 aromatic carbocycles. The maximum absolute atomic E-state index is 11.9. The van der Waals surface area contributed by atoms with Crippen LogP contribution in [0.2, 0.25) is 0 Å². The molecule has 3 rings (SSSR count). The van der Waals surface area contributed by atoms with E-state index in [1.807, 2.05) is 0 Å². The van der Waals surface area contributed by atoms with E-state index in [1.54, 1.807) is 0 Å². The van der Waals surface area contributed by atoms with Crippen molar-refractivity contribution in [3.63, 3.8) is 0 Å². The van der Waals surface area contributed by atoms with E-state index in [0.29, 0.717) is 0 Å². The van der Waals surface area contributed by atoms with Gasteiger partial charge in [0.25, 0.3) is 0 Å². The minimum atomic E-state index is 0. The largest absolute Gasteiger partial charge is 0.356 e. The number of aryl methyl sites for hydroxylation is 1. The molecule has 1 aromatic heterocycles. The van der Waals surface area contributed by atoms with E-state index < -0.39 is 0 Å². The number of fused-ring (bicyclic) bond motifs is 1. The predicted molar refractivity (Wildman–Crippen MR) is 95.0 cm³/mol. The van der Waals surface area contributed by atoms with E-state index in [9.17, 15) is 4.79 Å². The van der Waals surface area contributed by atoms with Crippen LogP contribution in [0.3, 0.4) is 0 Å². The second-order valence-corrected chi connectivity index (χ2v) is 5.40. The molecule has 1 fully saturated rings. The first-order valence-corrected chi connectivity index (χ1v) is 7.37. The number of rotatable bonds is 5. The average Bonchev–Trinajstić information content (AvgIpc) is 3.13. The zero-order chi connectivity index (χ0) is 13.8. The molecule has 1 saturated heterocycles. The third kappa shape index (κ3) is 4.38. The Kier molecular flexibility index (Phi) is 7.73. The van der Waals surface area contributed by atoms with E-state index in [4.69, 9.17) is 0 Å². The molecule has 2 heterocycles. The minimum Gasteiger partial charge on any atom is -0.356 e. The summed E-state index contributed by atoms with van der Waals surface area (Å²) in [5.74, 6) is 0.370. The summed E-state index contributed by atoms with van der Waals surface area (Å²) in [5.41, 5.74) is 1.26. The summed E-state index contributed by atoms with van der Waals surface area (Å²) in [6.07, 6.45) is 4.05. The third-order valence-electron chi connectivity index (χ3n) is 3.99. The highest BCUT2D eigenvalue weighted by molar-refractivity contribution is 5.85. The molecule has 0 spiro atoms. The highest BCUT2D eigenvalue weighted by Crippen LogP contribution is 2.15. The number of carbonyl (C=O) groups excluding carboxylic acids is 1. The Morgan fingerprint density at radius 3 is 2.86 bits per heavy atom. The van der Waals surface area contributed by atoms with Gasteiger partial charge < -0.3 is 15.2 Å². The molecule has 1 amide bonds. The monoisotopic (exact) mass is 343 g/mol. The number of hydrogen-bond donors (Lipinski definition) is 2. The number of nitrogens with one attached hydrogen (secondary N) is 2. The average molecular weight is 344 g/mol. The standard InChI is InChI=1S/C16H21N3O.2ClH/c20-16(14-6-9-17-12-14)18-8-3-10-19-11-7-13-4-1-2-5-15(13)19;;/h1-2,4-5,7,11,14,17H,3,6,8-10,12H2,(H,18,20);2*1H.